The highest BCUT2D eigenvalue weighted by atomic mass is 16.7. The Hall–Kier alpha value is -3.00. The molecule has 202 valence electrons. The van der Waals surface area contributed by atoms with Crippen molar-refractivity contribution in [2.75, 3.05) is 51.0 Å². The lowest BCUT2D eigenvalue weighted by atomic mass is 9.78. The minimum absolute atomic E-state index is 0.120. The summed E-state index contributed by atoms with van der Waals surface area (Å²) in [4.78, 5) is 22.4. The Morgan fingerprint density at radius 3 is 2.76 bits per heavy atom. The molecule has 0 radical (unpaired) electrons. The number of nitrogens with zero attached hydrogens (tertiary/aromatic N) is 3. The van der Waals surface area contributed by atoms with E-state index in [1.165, 1.54) is 44.2 Å². The average Bonchev–Trinajstić information content (AvgIpc) is 3.30. The summed E-state index contributed by atoms with van der Waals surface area (Å²) in [6.07, 6.45) is 10.9. The number of nitrogens with one attached hydrogen (secondary N) is 1. The summed E-state index contributed by atoms with van der Waals surface area (Å²) in [5, 5.41) is 3.32. The number of ether oxygens (including phenoxy) is 3. The molecule has 3 fully saturated rings. The van der Waals surface area contributed by atoms with E-state index in [0.717, 1.165) is 80.2 Å². The van der Waals surface area contributed by atoms with Gasteiger partial charge in [0.25, 0.3) is 0 Å². The molecule has 38 heavy (non-hydrogen) atoms. The van der Waals surface area contributed by atoms with E-state index < -0.39 is 0 Å². The van der Waals surface area contributed by atoms with Crippen molar-refractivity contribution in [3.63, 3.8) is 0 Å². The van der Waals surface area contributed by atoms with Gasteiger partial charge in [-0.1, -0.05) is 6.07 Å². The van der Waals surface area contributed by atoms with Crippen molar-refractivity contribution in [2.24, 2.45) is 11.3 Å². The first-order chi connectivity index (χ1) is 18.6. The fraction of sp³-hybridized carbons (Fsp3) is 0.600. The number of carbonyl (C=O) groups excluding carboxylic acids is 1. The Kier molecular flexibility index (Phi) is 6.30. The third-order valence-electron chi connectivity index (χ3n) is 9.54. The van der Waals surface area contributed by atoms with Crippen LogP contribution in [0.15, 0.2) is 30.5 Å². The summed E-state index contributed by atoms with van der Waals surface area (Å²) in [6, 6.07) is 8.23. The number of aromatic nitrogens is 1. The average molecular weight is 519 g/mol. The first kappa shape index (κ1) is 24.1. The lowest BCUT2D eigenvalue weighted by Crippen LogP contribution is -2.47. The zero-order chi connectivity index (χ0) is 25.5. The Bertz CT molecular complexity index is 1190. The van der Waals surface area contributed by atoms with Crippen molar-refractivity contribution in [1.82, 2.24) is 15.2 Å². The predicted molar refractivity (Wildman–Crippen MR) is 144 cm³/mol. The third kappa shape index (κ3) is 4.79. The van der Waals surface area contributed by atoms with Crippen LogP contribution >= 0.6 is 0 Å². The van der Waals surface area contributed by atoms with Crippen LogP contribution in [0.25, 0.3) is 0 Å². The number of pyridine rings is 1. The van der Waals surface area contributed by atoms with Crippen molar-refractivity contribution in [1.29, 1.82) is 0 Å². The molecule has 1 atom stereocenters. The number of hydrogen-bond acceptors (Lipinski definition) is 7. The van der Waals surface area contributed by atoms with Crippen molar-refractivity contribution in [3.05, 3.63) is 41.6 Å². The first-order valence-corrected chi connectivity index (χ1v) is 14.4. The van der Waals surface area contributed by atoms with Gasteiger partial charge in [-0.2, -0.15) is 0 Å². The molecule has 1 aromatic carbocycles. The van der Waals surface area contributed by atoms with Crippen molar-refractivity contribution in [3.8, 4) is 17.2 Å². The maximum absolute atomic E-state index is 12.7. The van der Waals surface area contributed by atoms with Gasteiger partial charge in [0.1, 0.15) is 0 Å². The van der Waals surface area contributed by atoms with Gasteiger partial charge < -0.3 is 24.4 Å². The van der Waals surface area contributed by atoms with Gasteiger partial charge in [-0.15, -0.1) is 0 Å². The third-order valence-corrected chi connectivity index (χ3v) is 9.54. The zero-order valence-corrected chi connectivity index (χ0v) is 22.1. The van der Waals surface area contributed by atoms with E-state index in [0.29, 0.717) is 17.9 Å². The Morgan fingerprint density at radius 1 is 1.05 bits per heavy atom. The second-order valence-electron chi connectivity index (χ2n) is 11.8. The van der Waals surface area contributed by atoms with Crippen LogP contribution in [0.5, 0.6) is 17.2 Å². The van der Waals surface area contributed by atoms with Gasteiger partial charge in [0, 0.05) is 50.4 Å². The van der Waals surface area contributed by atoms with E-state index >= 15 is 0 Å². The molecular formula is C30H38N4O4. The topological polar surface area (TPSA) is 76.2 Å². The summed E-state index contributed by atoms with van der Waals surface area (Å²) in [7, 11) is 0. The number of rotatable bonds is 7. The highest BCUT2D eigenvalue weighted by Crippen LogP contribution is 2.57. The molecule has 4 heterocycles. The smallest absolute Gasteiger partial charge is 0.231 e. The summed E-state index contributed by atoms with van der Waals surface area (Å²) >= 11 is 0. The molecule has 2 aromatic rings. The van der Waals surface area contributed by atoms with Gasteiger partial charge in [0.15, 0.2) is 23.1 Å². The Balaban J connectivity index is 0.822. The molecule has 7 rings (SSSR count). The van der Waals surface area contributed by atoms with E-state index in [1.807, 2.05) is 24.4 Å². The number of anilines is 1. The Morgan fingerprint density at radius 2 is 1.89 bits per heavy atom. The van der Waals surface area contributed by atoms with Crippen LogP contribution in [0.1, 0.15) is 49.7 Å². The van der Waals surface area contributed by atoms with Crippen LogP contribution < -0.4 is 24.4 Å². The number of benzene rings is 1. The highest BCUT2D eigenvalue weighted by Gasteiger charge is 2.55. The monoisotopic (exact) mass is 518 g/mol. The van der Waals surface area contributed by atoms with Crippen LogP contribution in [0.4, 0.5) is 5.82 Å². The molecule has 1 saturated heterocycles. The van der Waals surface area contributed by atoms with Crippen LogP contribution in [-0.4, -0.2) is 68.0 Å². The fourth-order valence-electron chi connectivity index (χ4n) is 6.99. The van der Waals surface area contributed by atoms with Gasteiger partial charge in [0.05, 0.1) is 13.0 Å². The number of amides is 1. The molecule has 8 nitrogen and oxygen atoms in total. The molecule has 1 amide bonds. The molecular weight excluding hydrogens is 480 g/mol. The molecule has 1 spiro atoms. The molecule has 3 aliphatic heterocycles. The maximum atomic E-state index is 12.7. The van der Waals surface area contributed by atoms with Gasteiger partial charge in [-0.25, -0.2) is 4.98 Å². The lowest BCUT2D eigenvalue weighted by Gasteiger charge is -2.37. The van der Waals surface area contributed by atoms with Crippen molar-refractivity contribution >= 4 is 11.7 Å². The minimum atomic E-state index is 0.120. The van der Waals surface area contributed by atoms with E-state index in [2.05, 4.69) is 26.2 Å². The molecule has 5 aliphatic rings. The largest absolute Gasteiger partial charge is 0.489 e. The molecule has 1 aromatic heterocycles. The summed E-state index contributed by atoms with van der Waals surface area (Å²) in [6.45, 7) is 6.47. The molecule has 0 bridgehead atoms. The zero-order valence-electron chi connectivity index (χ0n) is 22.1. The van der Waals surface area contributed by atoms with Crippen LogP contribution in [0, 0.1) is 11.3 Å². The van der Waals surface area contributed by atoms with E-state index in [-0.39, 0.29) is 12.7 Å². The van der Waals surface area contributed by atoms with Gasteiger partial charge in [0.2, 0.25) is 12.7 Å². The molecule has 2 aliphatic carbocycles. The second-order valence-corrected chi connectivity index (χ2v) is 11.8. The Labute approximate surface area is 224 Å². The maximum Gasteiger partial charge on any atom is 0.231 e. The van der Waals surface area contributed by atoms with Crippen molar-refractivity contribution < 1.29 is 19.0 Å². The minimum Gasteiger partial charge on any atom is -0.489 e. The summed E-state index contributed by atoms with van der Waals surface area (Å²) < 4.78 is 16.7. The van der Waals surface area contributed by atoms with Gasteiger partial charge in [-0.3, -0.25) is 9.69 Å². The van der Waals surface area contributed by atoms with Crippen LogP contribution in [0.2, 0.25) is 0 Å². The lowest BCUT2D eigenvalue weighted by molar-refractivity contribution is -0.120. The molecule has 0 unspecified atom stereocenters. The van der Waals surface area contributed by atoms with Gasteiger partial charge in [-0.05, 0) is 80.2 Å². The first-order valence-electron chi connectivity index (χ1n) is 14.4. The summed E-state index contributed by atoms with van der Waals surface area (Å²) in [5.74, 6) is 4.49. The van der Waals surface area contributed by atoms with Crippen LogP contribution in [-0.2, 0) is 17.6 Å². The van der Waals surface area contributed by atoms with Gasteiger partial charge >= 0.3 is 0 Å². The van der Waals surface area contributed by atoms with E-state index in [9.17, 15) is 4.79 Å². The van der Waals surface area contributed by atoms with E-state index in [4.69, 9.17) is 14.2 Å². The SMILES string of the molecule is O=C(Cc1ccc2c(c1)OCO2)N[C@H]1CC12CCC(CCN1CCN(c3nccc4c3OCC4)CC1)CC2. The van der Waals surface area contributed by atoms with Crippen molar-refractivity contribution in [2.45, 2.75) is 57.4 Å². The van der Waals surface area contributed by atoms with E-state index in [1.54, 1.807) is 0 Å². The standard InChI is InChI=1S/C30H38N4O4/c35-27(18-22-1-2-24-25(17-22)38-20-37-24)32-26-19-30(26)8-3-21(4-9-30)6-11-33-12-14-34(15-13-33)29-28-23(5-10-31-29)7-16-36-28/h1-2,5,10,17,21,26H,3-4,6-9,11-16,18-20H2,(H,32,35)/t21?,26-,30?/m0/s1. The fourth-order valence-corrected chi connectivity index (χ4v) is 6.99. The molecule has 8 heteroatoms. The number of fused-ring (bicyclic) bond motifs is 2. The number of piperazine rings is 1. The quantitative estimate of drug-likeness (QED) is 0.601. The highest BCUT2D eigenvalue weighted by molar-refractivity contribution is 5.79. The molecule has 1 N–H and O–H groups in total. The number of carbonyl (C=O) groups is 1. The number of hydrogen-bond donors (Lipinski definition) is 1. The summed E-state index contributed by atoms with van der Waals surface area (Å²) in [5.41, 5.74) is 2.63. The van der Waals surface area contributed by atoms with Crippen LogP contribution in [0.3, 0.4) is 0 Å². The molecule has 2 saturated carbocycles. The second kappa shape index (κ2) is 9.95. The normalized spacial score (nSPS) is 27.7. The predicted octanol–water partition coefficient (Wildman–Crippen LogP) is 3.57.